The molecule has 0 saturated carbocycles. The van der Waals surface area contributed by atoms with E-state index in [-0.39, 0.29) is 13.1 Å². The molecule has 2 unspecified atom stereocenters. The lowest BCUT2D eigenvalue weighted by atomic mass is 10.2. The second-order valence-electron chi connectivity index (χ2n) is 3.29. The molecule has 3 atom stereocenters. The van der Waals surface area contributed by atoms with Crippen LogP contribution in [-0.2, 0) is 0 Å². The molecule has 0 spiro atoms. The van der Waals surface area contributed by atoms with Gasteiger partial charge in [0.05, 0.1) is 32.0 Å². The standard InChI is InChI=1S/C8H19NO6/c10-3-6(13)1-9(8(15)5-12)2-7(14)4-11/h6-8,10-15H,1-5H2/t6?,7?,8-/m0/s1. The van der Waals surface area contributed by atoms with Gasteiger partial charge in [0.1, 0.15) is 6.23 Å². The van der Waals surface area contributed by atoms with Gasteiger partial charge in [0.15, 0.2) is 0 Å². The molecule has 0 heterocycles. The molecule has 0 radical (unpaired) electrons. The van der Waals surface area contributed by atoms with E-state index in [0.717, 1.165) is 0 Å². The van der Waals surface area contributed by atoms with Gasteiger partial charge in [-0.05, 0) is 0 Å². The van der Waals surface area contributed by atoms with Crippen LogP contribution in [0.15, 0.2) is 0 Å². The van der Waals surface area contributed by atoms with E-state index < -0.39 is 38.3 Å². The summed E-state index contributed by atoms with van der Waals surface area (Å²) in [5, 5.41) is 53.4. The molecule has 0 aliphatic heterocycles. The zero-order chi connectivity index (χ0) is 11.8. The van der Waals surface area contributed by atoms with E-state index in [2.05, 4.69) is 0 Å². The molecule has 15 heavy (non-hydrogen) atoms. The van der Waals surface area contributed by atoms with E-state index in [1.807, 2.05) is 0 Å². The van der Waals surface area contributed by atoms with Gasteiger partial charge in [-0.15, -0.1) is 0 Å². The molecule has 92 valence electrons. The monoisotopic (exact) mass is 225 g/mol. The van der Waals surface area contributed by atoms with Gasteiger partial charge in [-0.25, -0.2) is 0 Å². The Balaban J connectivity index is 4.17. The summed E-state index contributed by atoms with van der Waals surface area (Å²) >= 11 is 0. The minimum absolute atomic E-state index is 0.102. The van der Waals surface area contributed by atoms with Crippen LogP contribution in [-0.4, -0.2) is 86.9 Å². The average Bonchev–Trinajstić information content (AvgIpc) is 2.26. The summed E-state index contributed by atoms with van der Waals surface area (Å²) in [5.41, 5.74) is 0. The first-order valence-corrected chi connectivity index (χ1v) is 4.66. The van der Waals surface area contributed by atoms with E-state index in [0.29, 0.717) is 0 Å². The Morgan fingerprint density at radius 3 is 1.40 bits per heavy atom. The maximum absolute atomic E-state index is 9.30. The molecule has 7 heteroatoms. The summed E-state index contributed by atoms with van der Waals surface area (Å²) in [7, 11) is 0. The molecular formula is C8H19NO6. The van der Waals surface area contributed by atoms with Gasteiger partial charge < -0.3 is 30.6 Å². The van der Waals surface area contributed by atoms with Gasteiger partial charge in [-0.1, -0.05) is 0 Å². The maximum atomic E-state index is 9.30. The van der Waals surface area contributed by atoms with Crippen molar-refractivity contribution in [2.24, 2.45) is 0 Å². The van der Waals surface area contributed by atoms with E-state index in [4.69, 9.17) is 25.5 Å². The number of hydrogen-bond donors (Lipinski definition) is 6. The van der Waals surface area contributed by atoms with Crippen LogP contribution in [0, 0.1) is 0 Å². The normalized spacial score (nSPS) is 17.8. The fourth-order valence-electron chi connectivity index (χ4n) is 1.09. The molecule has 0 saturated heterocycles. The van der Waals surface area contributed by atoms with E-state index >= 15 is 0 Å². The molecular weight excluding hydrogens is 206 g/mol. The van der Waals surface area contributed by atoms with Crippen molar-refractivity contribution in [1.82, 2.24) is 4.90 Å². The third-order valence-corrected chi connectivity index (χ3v) is 1.90. The molecule has 0 amide bonds. The Kier molecular flexibility index (Phi) is 7.79. The minimum atomic E-state index is -1.24. The minimum Gasteiger partial charge on any atom is -0.394 e. The van der Waals surface area contributed by atoms with Gasteiger partial charge >= 0.3 is 0 Å². The van der Waals surface area contributed by atoms with Crippen molar-refractivity contribution >= 4 is 0 Å². The Morgan fingerprint density at radius 1 is 0.733 bits per heavy atom. The number of rotatable bonds is 8. The Bertz CT molecular complexity index is 146. The predicted molar refractivity (Wildman–Crippen MR) is 50.9 cm³/mol. The lowest BCUT2D eigenvalue weighted by molar-refractivity contribution is -0.0787. The largest absolute Gasteiger partial charge is 0.394 e. The molecule has 7 nitrogen and oxygen atoms in total. The van der Waals surface area contributed by atoms with Crippen molar-refractivity contribution in [3.8, 4) is 0 Å². The van der Waals surface area contributed by atoms with Crippen LogP contribution in [0.4, 0.5) is 0 Å². The zero-order valence-electron chi connectivity index (χ0n) is 8.40. The van der Waals surface area contributed by atoms with Crippen LogP contribution in [0.25, 0.3) is 0 Å². The average molecular weight is 225 g/mol. The Labute approximate surface area is 87.8 Å². The van der Waals surface area contributed by atoms with Crippen LogP contribution in [0.3, 0.4) is 0 Å². The highest BCUT2D eigenvalue weighted by molar-refractivity contribution is 4.70. The fourth-order valence-corrected chi connectivity index (χ4v) is 1.09. The third kappa shape index (κ3) is 6.00. The third-order valence-electron chi connectivity index (χ3n) is 1.90. The summed E-state index contributed by atoms with van der Waals surface area (Å²) < 4.78 is 0. The zero-order valence-corrected chi connectivity index (χ0v) is 8.40. The van der Waals surface area contributed by atoms with Crippen molar-refractivity contribution in [3.05, 3.63) is 0 Å². The molecule has 0 aromatic rings. The van der Waals surface area contributed by atoms with Crippen LogP contribution < -0.4 is 0 Å². The molecule has 0 aliphatic rings. The predicted octanol–water partition coefficient (Wildman–Crippen LogP) is -3.69. The van der Waals surface area contributed by atoms with Crippen molar-refractivity contribution in [1.29, 1.82) is 0 Å². The molecule has 0 aliphatic carbocycles. The van der Waals surface area contributed by atoms with Gasteiger partial charge in [0.25, 0.3) is 0 Å². The number of hydrogen-bond acceptors (Lipinski definition) is 7. The second kappa shape index (κ2) is 7.94. The number of aliphatic hydroxyl groups is 6. The lowest BCUT2D eigenvalue weighted by Crippen LogP contribution is -2.47. The van der Waals surface area contributed by atoms with Crippen LogP contribution >= 0.6 is 0 Å². The number of aliphatic hydroxyl groups excluding tert-OH is 6. The van der Waals surface area contributed by atoms with Gasteiger partial charge in [-0.3, -0.25) is 4.90 Å². The number of nitrogens with zero attached hydrogens (tertiary/aromatic N) is 1. The van der Waals surface area contributed by atoms with Crippen molar-refractivity contribution in [2.45, 2.75) is 18.4 Å². The first-order chi connectivity index (χ1) is 7.04. The first kappa shape index (κ1) is 14.7. The van der Waals surface area contributed by atoms with Gasteiger partial charge in [0.2, 0.25) is 0 Å². The summed E-state index contributed by atoms with van der Waals surface area (Å²) in [4.78, 5) is 1.17. The van der Waals surface area contributed by atoms with Crippen LogP contribution in [0.1, 0.15) is 0 Å². The van der Waals surface area contributed by atoms with E-state index in [1.54, 1.807) is 0 Å². The van der Waals surface area contributed by atoms with Crippen molar-refractivity contribution in [2.75, 3.05) is 32.9 Å². The lowest BCUT2D eigenvalue weighted by Gasteiger charge is -2.29. The SMILES string of the molecule is OCC(O)CN(CC(O)CO)[C@@H](O)CO. The summed E-state index contributed by atoms with van der Waals surface area (Å²) in [5.74, 6) is 0. The highest BCUT2D eigenvalue weighted by Gasteiger charge is 2.20. The maximum Gasteiger partial charge on any atom is 0.130 e. The quantitative estimate of drug-likeness (QED) is 0.235. The smallest absolute Gasteiger partial charge is 0.130 e. The van der Waals surface area contributed by atoms with Crippen LogP contribution in [0.5, 0.6) is 0 Å². The van der Waals surface area contributed by atoms with Crippen molar-refractivity contribution < 1.29 is 30.6 Å². The highest BCUT2D eigenvalue weighted by atomic mass is 16.3. The summed E-state index contributed by atoms with van der Waals surface area (Å²) in [6, 6.07) is 0. The van der Waals surface area contributed by atoms with Gasteiger partial charge in [-0.2, -0.15) is 0 Å². The molecule has 0 aromatic carbocycles. The molecule has 0 bridgehead atoms. The second-order valence-corrected chi connectivity index (χ2v) is 3.29. The van der Waals surface area contributed by atoms with E-state index in [1.165, 1.54) is 4.90 Å². The molecule has 0 rings (SSSR count). The van der Waals surface area contributed by atoms with Crippen LogP contribution in [0.2, 0.25) is 0 Å². The van der Waals surface area contributed by atoms with Gasteiger partial charge in [0, 0.05) is 13.1 Å². The Morgan fingerprint density at radius 2 is 1.13 bits per heavy atom. The first-order valence-electron chi connectivity index (χ1n) is 4.66. The highest BCUT2D eigenvalue weighted by Crippen LogP contribution is 2.00. The molecule has 0 aromatic heterocycles. The molecule has 0 fully saturated rings. The summed E-state index contributed by atoms with van der Waals surface area (Å²) in [6.07, 6.45) is -3.39. The summed E-state index contributed by atoms with van der Waals surface area (Å²) in [6.45, 7) is -1.73. The fraction of sp³-hybridized carbons (Fsp3) is 1.00. The Hall–Kier alpha value is -0.280. The topological polar surface area (TPSA) is 125 Å². The van der Waals surface area contributed by atoms with Crippen molar-refractivity contribution in [3.63, 3.8) is 0 Å². The molecule has 6 N–H and O–H groups in total. The van der Waals surface area contributed by atoms with E-state index in [9.17, 15) is 5.11 Å².